The second kappa shape index (κ2) is 5.62. The number of nitrogens with zero attached hydrogens (tertiary/aromatic N) is 3. The molecule has 0 saturated carbocycles. The Labute approximate surface area is 138 Å². The minimum atomic E-state index is -0.371. The standard InChI is InChI=1S/C19H14N3O2/c23-22(24)17-10-6-9-16(13-17)21-18(15-7-2-1-3-8-15)14-20-12-5-4-11-19(20)21/h1-14H/q+1. The molecule has 5 heteroatoms. The molecular formula is C19H14N3O2+. The fourth-order valence-electron chi connectivity index (χ4n) is 2.89. The van der Waals surface area contributed by atoms with Gasteiger partial charge >= 0.3 is 0 Å². The predicted octanol–water partition coefficient (Wildman–Crippen LogP) is 3.79. The fraction of sp³-hybridized carbons (Fsp3) is 0. The van der Waals surface area contributed by atoms with Gasteiger partial charge in [0, 0.05) is 17.7 Å². The highest BCUT2D eigenvalue weighted by atomic mass is 16.6. The van der Waals surface area contributed by atoms with Gasteiger partial charge in [-0.3, -0.25) is 10.1 Å². The normalized spacial score (nSPS) is 10.8. The zero-order valence-electron chi connectivity index (χ0n) is 12.7. The van der Waals surface area contributed by atoms with Crippen LogP contribution in [-0.2, 0) is 0 Å². The molecule has 0 fully saturated rings. The molecule has 5 nitrogen and oxygen atoms in total. The number of nitro benzene ring substituents is 1. The first-order valence-corrected chi connectivity index (χ1v) is 7.56. The van der Waals surface area contributed by atoms with Crippen molar-refractivity contribution in [2.75, 3.05) is 0 Å². The first-order valence-electron chi connectivity index (χ1n) is 7.56. The van der Waals surface area contributed by atoms with Crippen molar-refractivity contribution in [3.05, 3.63) is 95.3 Å². The van der Waals surface area contributed by atoms with E-state index in [9.17, 15) is 10.1 Å². The van der Waals surface area contributed by atoms with E-state index in [1.807, 2.05) is 76.0 Å². The lowest BCUT2D eigenvalue weighted by Gasteiger charge is -2.03. The predicted molar refractivity (Wildman–Crippen MR) is 91.0 cm³/mol. The number of imidazole rings is 1. The minimum Gasteiger partial charge on any atom is -0.258 e. The Kier molecular flexibility index (Phi) is 3.31. The van der Waals surface area contributed by atoms with Crippen molar-refractivity contribution in [1.29, 1.82) is 0 Å². The molecule has 2 heterocycles. The first kappa shape index (κ1) is 14.1. The first-order chi connectivity index (χ1) is 11.7. The highest BCUT2D eigenvalue weighted by Gasteiger charge is 2.21. The molecule has 0 radical (unpaired) electrons. The van der Waals surface area contributed by atoms with Gasteiger partial charge in [-0.05, 0) is 12.1 Å². The highest BCUT2D eigenvalue weighted by molar-refractivity contribution is 5.66. The largest absolute Gasteiger partial charge is 0.291 e. The van der Waals surface area contributed by atoms with E-state index in [1.165, 1.54) is 6.07 Å². The van der Waals surface area contributed by atoms with Crippen LogP contribution in [-0.4, -0.2) is 9.49 Å². The van der Waals surface area contributed by atoms with E-state index < -0.39 is 0 Å². The second-order valence-corrected chi connectivity index (χ2v) is 5.46. The molecule has 2 aromatic carbocycles. The summed E-state index contributed by atoms with van der Waals surface area (Å²) in [6.45, 7) is 0. The van der Waals surface area contributed by atoms with Gasteiger partial charge in [-0.15, -0.1) is 0 Å². The third kappa shape index (κ3) is 2.32. The molecule has 0 atom stereocenters. The minimum absolute atomic E-state index is 0.0780. The third-order valence-corrected chi connectivity index (χ3v) is 3.97. The number of hydrogen-bond acceptors (Lipinski definition) is 2. The molecule has 0 aliphatic heterocycles. The van der Waals surface area contributed by atoms with Crippen molar-refractivity contribution in [3.63, 3.8) is 0 Å². The number of hydrogen-bond donors (Lipinski definition) is 0. The number of pyridine rings is 1. The van der Waals surface area contributed by atoms with Crippen LogP contribution in [0.4, 0.5) is 5.69 Å². The summed E-state index contributed by atoms with van der Waals surface area (Å²) < 4.78 is 4.05. The molecule has 0 bridgehead atoms. The van der Waals surface area contributed by atoms with Crippen LogP contribution in [0.3, 0.4) is 0 Å². The van der Waals surface area contributed by atoms with E-state index in [-0.39, 0.29) is 10.6 Å². The maximum Gasteiger partial charge on any atom is 0.291 e. The van der Waals surface area contributed by atoms with E-state index in [4.69, 9.17) is 0 Å². The molecule has 0 amide bonds. The summed E-state index contributed by atoms with van der Waals surface area (Å²) in [4.78, 5) is 10.8. The van der Waals surface area contributed by atoms with Crippen molar-refractivity contribution in [2.45, 2.75) is 0 Å². The number of fused-ring (bicyclic) bond motifs is 1. The van der Waals surface area contributed by atoms with E-state index in [0.29, 0.717) is 0 Å². The Bertz CT molecular complexity index is 1040. The molecule has 0 spiro atoms. The maximum absolute atomic E-state index is 11.1. The van der Waals surface area contributed by atoms with Crippen molar-refractivity contribution in [3.8, 4) is 16.9 Å². The molecule has 4 rings (SSSR count). The van der Waals surface area contributed by atoms with Crippen LogP contribution in [0, 0.1) is 10.1 Å². The van der Waals surface area contributed by atoms with Gasteiger partial charge in [0.05, 0.1) is 17.2 Å². The van der Waals surface area contributed by atoms with Gasteiger partial charge in [0.15, 0.2) is 5.69 Å². The molecule has 0 saturated heterocycles. The summed E-state index contributed by atoms with van der Waals surface area (Å²) >= 11 is 0. The van der Waals surface area contributed by atoms with E-state index in [2.05, 4.69) is 0 Å². The van der Waals surface area contributed by atoms with Crippen LogP contribution in [0.5, 0.6) is 0 Å². The van der Waals surface area contributed by atoms with Gasteiger partial charge < -0.3 is 0 Å². The summed E-state index contributed by atoms with van der Waals surface area (Å²) in [6.07, 6.45) is 4.00. The number of nitro groups is 1. The zero-order chi connectivity index (χ0) is 16.5. The van der Waals surface area contributed by atoms with Crippen LogP contribution < -0.4 is 4.40 Å². The summed E-state index contributed by atoms with van der Waals surface area (Å²) in [5, 5.41) is 11.1. The molecule has 24 heavy (non-hydrogen) atoms. The van der Waals surface area contributed by atoms with Gasteiger partial charge in [0.1, 0.15) is 11.9 Å². The Morgan fingerprint density at radius 3 is 2.50 bits per heavy atom. The molecule has 0 aliphatic carbocycles. The monoisotopic (exact) mass is 316 g/mol. The van der Waals surface area contributed by atoms with Crippen LogP contribution in [0.2, 0.25) is 0 Å². The van der Waals surface area contributed by atoms with Crippen LogP contribution in [0.25, 0.3) is 22.6 Å². The average Bonchev–Trinajstić information content (AvgIpc) is 3.02. The fourth-order valence-corrected chi connectivity index (χ4v) is 2.89. The molecule has 0 N–H and O–H groups in total. The Morgan fingerprint density at radius 2 is 1.71 bits per heavy atom. The van der Waals surface area contributed by atoms with E-state index in [1.54, 1.807) is 12.1 Å². The van der Waals surface area contributed by atoms with E-state index >= 15 is 0 Å². The molecular weight excluding hydrogens is 302 g/mol. The summed E-state index contributed by atoms with van der Waals surface area (Å²) in [6, 6.07) is 22.6. The quantitative estimate of drug-likeness (QED) is 0.328. The lowest BCUT2D eigenvalue weighted by atomic mass is 10.1. The average molecular weight is 316 g/mol. The van der Waals surface area contributed by atoms with Crippen LogP contribution in [0.1, 0.15) is 0 Å². The number of aromatic nitrogens is 2. The summed E-state index contributed by atoms with van der Waals surface area (Å²) in [5.41, 5.74) is 3.80. The van der Waals surface area contributed by atoms with Gasteiger partial charge in [0.25, 0.3) is 11.3 Å². The summed E-state index contributed by atoms with van der Waals surface area (Å²) in [5.74, 6) is 0. The van der Waals surface area contributed by atoms with Crippen LogP contribution in [0.15, 0.2) is 85.2 Å². The number of non-ortho nitro benzene ring substituents is 1. The lowest BCUT2D eigenvalue weighted by Crippen LogP contribution is -2.17. The SMILES string of the molecule is O=[N+]([O-])c1cccc(-n2c(-c3ccccc3)c[n+]3ccccc23)c1. The second-order valence-electron chi connectivity index (χ2n) is 5.46. The van der Waals surface area contributed by atoms with Gasteiger partial charge in [-0.1, -0.05) is 42.5 Å². The lowest BCUT2D eigenvalue weighted by molar-refractivity contribution is -0.510. The maximum atomic E-state index is 11.1. The van der Waals surface area contributed by atoms with Gasteiger partial charge in [-0.2, -0.15) is 4.57 Å². The molecule has 4 aromatic rings. The van der Waals surface area contributed by atoms with Crippen molar-refractivity contribution >= 4 is 11.3 Å². The van der Waals surface area contributed by atoms with Crippen molar-refractivity contribution in [1.82, 2.24) is 4.57 Å². The number of benzene rings is 2. The van der Waals surface area contributed by atoms with Gasteiger partial charge in [0.2, 0.25) is 0 Å². The third-order valence-electron chi connectivity index (χ3n) is 3.97. The highest BCUT2D eigenvalue weighted by Crippen LogP contribution is 2.26. The number of rotatable bonds is 3. The Balaban J connectivity index is 2.03. The van der Waals surface area contributed by atoms with Gasteiger partial charge in [-0.25, -0.2) is 4.40 Å². The smallest absolute Gasteiger partial charge is 0.258 e. The van der Waals surface area contributed by atoms with Crippen molar-refractivity contribution in [2.24, 2.45) is 0 Å². The Hall–Kier alpha value is -3.47. The molecule has 116 valence electrons. The Morgan fingerprint density at radius 1 is 0.917 bits per heavy atom. The zero-order valence-corrected chi connectivity index (χ0v) is 12.7. The van der Waals surface area contributed by atoms with Crippen LogP contribution >= 0.6 is 0 Å². The van der Waals surface area contributed by atoms with Crippen molar-refractivity contribution < 1.29 is 9.32 Å². The molecule has 0 unspecified atom stereocenters. The molecule has 2 aromatic heterocycles. The topological polar surface area (TPSA) is 52.2 Å². The van der Waals surface area contributed by atoms with E-state index in [0.717, 1.165) is 22.6 Å². The summed E-state index contributed by atoms with van der Waals surface area (Å²) in [7, 11) is 0. The molecule has 0 aliphatic rings.